The molecule has 3 rings (SSSR count). The van der Waals surface area contributed by atoms with Crippen LogP contribution in [0, 0.1) is 5.92 Å². The zero-order chi connectivity index (χ0) is 19.8. The summed E-state index contributed by atoms with van der Waals surface area (Å²) in [6.07, 6.45) is 3.64. The lowest BCUT2D eigenvalue weighted by molar-refractivity contribution is -0.149. The van der Waals surface area contributed by atoms with Crippen molar-refractivity contribution in [2.24, 2.45) is 10.9 Å². The third-order valence-electron chi connectivity index (χ3n) is 4.89. The highest BCUT2D eigenvalue weighted by atomic mass is 16.5. The van der Waals surface area contributed by atoms with Gasteiger partial charge < -0.3 is 15.0 Å². The van der Waals surface area contributed by atoms with Crippen molar-refractivity contribution in [2.45, 2.75) is 26.3 Å². The Morgan fingerprint density at radius 1 is 1.32 bits per heavy atom. The first-order chi connectivity index (χ1) is 13.7. The van der Waals surface area contributed by atoms with Gasteiger partial charge in [0, 0.05) is 38.4 Å². The fourth-order valence-corrected chi connectivity index (χ4v) is 3.51. The van der Waals surface area contributed by atoms with E-state index in [9.17, 15) is 4.79 Å². The Morgan fingerprint density at radius 2 is 2.21 bits per heavy atom. The molecule has 1 N–H and O–H groups in total. The maximum atomic E-state index is 12.1. The number of pyridine rings is 1. The van der Waals surface area contributed by atoms with Crippen LogP contribution >= 0.6 is 0 Å². The summed E-state index contributed by atoms with van der Waals surface area (Å²) in [5.41, 5.74) is 3.21. The molecule has 1 aliphatic rings. The number of esters is 1. The highest BCUT2D eigenvalue weighted by Crippen LogP contribution is 2.19. The second-order valence-corrected chi connectivity index (χ2v) is 6.85. The number of nitrogens with one attached hydrogen (secondary N) is 1. The number of aromatic nitrogens is 1. The molecule has 0 aliphatic carbocycles. The second kappa shape index (κ2) is 9.88. The SMILES string of the molecule is CCOC(=O)C1CCCN(C(=NC)NCc2cccc(-c3ccccn3)c2)C1. The van der Waals surface area contributed by atoms with Crippen LogP contribution < -0.4 is 5.32 Å². The van der Waals surface area contributed by atoms with Crippen LogP contribution in [-0.2, 0) is 16.1 Å². The minimum Gasteiger partial charge on any atom is -0.466 e. The number of piperidine rings is 1. The number of carbonyl (C=O) groups is 1. The lowest BCUT2D eigenvalue weighted by Gasteiger charge is -2.34. The summed E-state index contributed by atoms with van der Waals surface area (Å²) in [7, 11) is 1.78. The average molecular weight is 380 g/mol. The van der Waals surface area contributed by atoms with Gasteiger partial charge in [0.25, 0.3) is 0 Å². The van der Waals surface area contributed by atoms with Crippen LogP contribution in [0.15, 0.2) is 53.7 Å². The van der Waals surface area contributed by atoms with Crippen molar-refractivity contribution >= 4 is 11.9 Å². The van der Waals surface area contributed by atoms with Crippen LogP contribution in [0.5, 0.6) is 0 Å². The monoisotopic (exact) mass is 380 g/mol. The first-order valence-electron chi connectivity index (χ1n) is 9.84. The van der Waals surface area contributed by atoms with E-state index in [0.29, 0.717) is 19.7 Å². The molecule has 2 aromatic rings. The number of carbonyl (C=O) groups excluding carboxylic acids is 1. The van der Waals surface area contributed by atoms with Crippen molar-refractivity contribution < 1.29 is 9.53 Å². The quantitative estimate of drug-likeness (QED) is 0.490. The van der Waals surface area contributed by atoms with E-state index in [0.717, 1.165) is 42.2 Å². The molecule has 0 amide bonds. The summed E-state index contributed by atoms with van der Waals surface area (Å²) in [5, 5.41) is 3.43. The predicted octanol–water partition coefficient (Wildman–Crippen LogP) is 3.10. The molecule has 6 heteroatoms. The molecule has 1 fully saturated rings. The van der Waals surface area contributed by atoms with Crippen LogP contribution in [0.3, 0.4) is 0 Å². The van der Waals surface area contributed by atoms with Gasteiger partial charge in [0.05, 0.1) is 18.2 Å². The number of ether oxygens (including phenoxy) is 1. The van der Waals surface area contributed by atoms with E-state index in [4.69, 9.17) is 4.74 Å². The average Bonchev–Trinajstić information content (AvgIpc) is 2.75. The maximum Gasteiger partial charge on any atom is 0.310 e. The van der Waals surface area contributed by atoms with Crippen LogP contribution in [-0.4, -0.2) is 48.6 Å². The summed E-state index contributed by atoms with van der Waals surface area (Å²) in [5.74, 6) is 0.627. The Morgan fingerprint density at radius 3 is 2.96 bits per heavy atom. The molecule has 2 heterocycles. The van der Waals surface area contributed by atoms with E-state index < -0.39 is 0 Å². The van der Waals surface area contributed by atoms with Crippen LogP contribution in [0.1, 0.15) is 25.3 Å². The smallest absolute Gasteiger partial charge is 0.310 e. The van der Waals surface area contributed by atoms with Crippen molar-refractivity contribution in [2.75, 3.05) is 26.7 Å². The minimum atomic E-state index is -0.106. The molecule has 148 valence electrons. The zero-order valence-corrected chi connectivity index (χ0v) is 16.6. The summed E-state index contributed by atoms with van der Waals surface area (Å²) in [4.78, 5) is 23.1. The second-order valence-electron chi connectivity index (χ2n) is 6.85. The number of likely N-dealkylation sites (tertiary alicyclic amines) is 1. The number of hydrogen-bond acceptors (Lipinski definition) is 4. The van der Waals surface area contributed by atoms with Crippen LogP contribution in [0.25, 0.3) is 11.3 Å². The van der Waals surface area contributed by atoms with E-state index in [1.807, 2.05) is 31.2 Å². The van der Waals surface area contributed by atoms with Gasteiger partial charge in [0.15, 0.2) is 5.96 Å². The zero-order valence-electron chi connectivity index (χ0n) is 16.6. The lowest BCUT2D eigenvalue weighted by atomic mass is 9.98. The third-order valence-corrected chi connectivity index (χ3v) is 4.89. The van der Waals surface area contributed by atoms with Crippen LogP contribution in [0.2, 0.25) is 0 Å². The van der Waals surface area contributed by atoms with E-state index >= 15 is 0 Å². The van der Waals surface area contributed by atoms with Crippen molar-refractivity contribution in [1.29, 1.82) is 0 Å². The van der Waals surface area contributed by atoms with Crippen LogP contribution in [0.4, 0.5) is 0 Å². The van der Waals surface area contributed by atoms with Gasteiger partial charge >= 0.3 is 5.97 Å². The maximum absolute atomic E-state index is 12.1. The Hall–Kier alpha value is -2.89. The van der Waals surface area contributed by atoms with Gasteiger partial charge in [-0.05, 0) is 43.5 Å². The minimum absolute atomic E-state index is 0.0836. The van der Waals surface area contributed by atoms with E-state index in [2.05, 4.69) is 38.4 Å². The third kappa shape index (κ3) is 5.09. The van der Waals surface area contributed by atoms with E-state index in [1.165, 1.54) is 0 Å². The van der Waals surface area contributed by atoms with Crippen molar-refractivity contribution in [3.05, 3.63) is 54.2 Å². The first kappa shape index (κ1) is 19.9. The number of nitrogens with zero attached hydrogens (tertiary/aromatic N) is 3. The summed E-state index contributed by atoms with van der Waals surface area (Å²) >= 11 is 0. The normalized spacial score (nSPS) is 17.3. The number of benzene rings is 1. The van der Waals surface area contributed by atoms with Gasteiger partial charge in [-0.15, -0.1) is 0 Å². The molecule has 6 nitrogen and oxygen atoms in total. The molecule has 0 saturated carbocycles. The lowest BCUT2D eigenvalue weighted by Crippen LogP contribution is -2.48. The molecule has 0 radical (unpaired) electrons. The number of rotatable bonds is 5. The van der Waals surface area contributed by atoms with Crippen molar-refractivity contribution in [3.8, 4) is 11.3 Å². The molecule has 28 heavy (non-hydrogen) atoms. The fraction of sp³-hybridized carbons (Fsp3) is 0.409. The van der Waals surface area contributed by atoms with Gasteiger partial charge in [-0.25, -0.2) is 0 Å². The molecule has 1 aromatic heterocycles. The van der Waals surface area contributed by atoms with E-state index in [-0.39, 0.29) is 11.9 Å². The first-order valence-corrected chi connectivity index (χ1v) is 9.84. The van der Waals surface area contributed by atoms with Crippen molar-refractivity contribution in [1.82, 2.24) is 15.2 Å². The Balaban J connectivity index is 1.62. The van der Waals surface area contributed by atoms with Gasteiger partial charge in [-0.2, -0.15) is 0 Å². The predicted molar refractivity (Wildman–Crippen MR) is 111 cm³/mol. The molecule has 1 atom stereocenters. The summed E-state index contributed by atoms with van der Waals surface area (Å²) < 4.78 is 5.20. The molecule has 1 saturated heterocycles. The van der Waals surface area contributed by atoms with Gasteiger partial charge in [-0.1, -0.05) is 24.3 Å². The largest absolute Gasteiger partial charge is 0.466 e. The Labute approximate surface area is 166 Å². The number of aliphatic imine (C=N–C) groups is 1. The van der Waals surface area contributed by atoms with Crippen molar-refractivity contribution in [3.63, 3.8) is 0 Å². The van der Waals surface area contributed by atoms with E-state index in [1.54, 1.807) is 13.2 Å². The highest BCUT2D eigenvalue weighted by Gasteiger charge is 2.28. The highest BCUT2D eigenvalue weighted by molar-refractivity contribution is 5.81. The molecule has 1 unspecified atom stereocenters. The Bertz CT molecular complexity index is 807. The van der Waals surface area contributed by atoms with Gasteiger partial charge in [0.1, 0.15) is 0 Å². The summed E-state index contributed by atoms with van der Waals surface area (Å²) in [6.45, 7) is 4.47. The number of hydrogen-bond donors (Lipinski definition) is 1. The van der Waals surface area contributed by atoms with Gasteiger partial charge in [-0.3, -0.25) is 14.8 Å². The topological polar surface area (TPSA) is 66.8 Å². The molecule has 1 aliphatic heterocycles. The summed E-state index contributed by atoms with van der Waals surface area (Å²) in [6, 6.07) is 14.3. The molecular weight excluding hydrogens is 352 g/mol. The van der Waals surface area contributed by atoms with Gasteiger partial charge in [0.2, 0.25) is 0 Å². The number of guanidine groups is 1. The molecule has 0 bridgehead atoms. The standard InChI is InChI=1S/C22H28N4O2/c1-3-28-21(27)19-10-7-13-26(16-19)22(23-2)25-15-17-8-6-9-18(14-17)20-11-4-5-12-24-20/h4-6,8-9,11-12,14,19H,3,7,10,13,15-16H2,1-2H3,(H,23,25). The fourth-order valence-electron chi connectivity index (χ4n) is 3.51. The molecule has 0 spiro atoms. The Kier molecular flexibility index (Phi) is 7.00. The molecular formula is C22H28N4O2. The molecule has 1 aromatic carbocycles.